The van der Waals surface area contributed by atoms with Gasteiger partial charge >= 0.3 is 0 Å². The van der Waals surface area contributed by atoms with Crippen molar-refractivity contribution < 1.29 is 13.0 Å². The molecule has 38 heavy (non-hydrogen) atoms. The van der Waals surface area contributed by atoms with Gasteiger partial charge in [-0.3, -0.25) is 0 Å². The second kappa shape index (κ2) is 9.84. The van der Waals surface area contributed by atoms with Gasteiger partial charge in [0.05, 0.1) is 15.8 Å². The molecule has 1 saturated carbocycles. The maximum Gasteiger partial charge on any atom is 0.182 e. The molecular weight excluding hydrogens is 507 g/mol. The third-order valence-corrected chi connectivity index (χ3v) is 13.7. The van der Waals surface area contributed by atoms with Crippen LogP contribution in [-0.2, 0) is 19.8 Å². The summed E-state index contributed by atoms with van der Waals surface area (Å²) in [5.41, 5.74) is 2.40. The topological polar surface area (TPSA) is 51.2 Å². The first-order chi connectivity index (χ1) is 18.1. The maximum atomic E-state index is 15.7. The lowest BCUT2D eigenvalue weighted by Gasteiger charge is -2.32. The van der Waals surface area contributed by atoms with Crippen LogP contribution in [0.15, 0.2) is 132 Å². The molecule has 0 spiro atoms. The van der Waals surface area contributed by atoms with E-state index in [1.807, 2.05) is 111 Å². The number of hydrogen-bond donors (Lipinski definition) is 0. The molecule has 0 saturated heterocycles. The van der Waals surface area contributed by atoms with E-state index in [4.69, 9.17) is 0 Å². The second-order valence-corrected chi connectivity index (χ2v) is 15.7. The lowest BCUT2D eigenvalue weighted by atomic mass is 9.94. The smallest absolute Gasteiger partial charge is 0.182 e. The van der Waals surface area contributed by atoms with E-state index in [0.29, 0.717) is 16.9 Å². The Morgan fingerprint density at radius 3 is 1.76 bits per heavy atom. The average molecular weight is 541 g/mol. The fourth-order valence-electron chi connectivity index (χ4n) is 5.88. The van der Waals surface area contributed by atoms with Gasteiger partial charge in [-0.05, 0) is 38.0 Å². The van der Waals surface area contributed by atoms with Gasteiger partial charge in [-0.25, -0.2) is 8.42 Å². The molecule has 5 rings (SSSR count). The molecule has 2 atom stereocenters. The zero-order valence-corrected chi connectivity index (χ0v) is 23.8. The van der Waals surface area contributed by atoms with Crippen LogP contribution in [-0.4, -0.2) is 19.3 Å². The number of sulfone groups is 1. The molecule has 194 valence electrons. The molecule has 1 fully saturated rings. The molecule has 0 unspecified atom stereocenters. The van der Waals surface area contributed by atoms with Gasteiger partial charge in [0.25, 0.3) is 0 Å². The van der Waals surface area contributed by atoms with Gasteiger partial charge in [-0.2, -0.15) is 0 Å². The Balaban J connectivity index is 1.69. The summed E-state index contributed by atoms with van der Waals surface area (Å²) in [4.78, 5) is 0.306. The highest BCUT2D eigenvalue weighted by Crippen LogP contribution is 2.78. The lowest BCUT2D eigenvalue weighted by Crippen LogP contribution is -2.32. The van der Waals surface area contributed by atoms with Crippen molar-refractivity contribution in [3.8, 4) is 0 Å². The van der Waals surface area contributed by atoms with Crippen molar-refractivity contribution in [1.82, 2.24) is 0 Å². The Bertz CT molecular complexity index is 1570. The quantitative estimate of drug-likeness (QED) is 0.182. The minimum atomic E-state index is -3.56. The summed E-state index contributed by atoms with van der Waals surface area (Å²) in [6, 6.07) is 36.5. The van der Waals surface area contributed by atoms with Gasteiger partial charge < -0.3 is 4.57 Å². The molecule has 0 bridgehead atoms. The summed E-state index contributed by atoms with van der Waals surface area (Å²) >= 11 is 0. The van der Waals surface area contributed by atoms with Crippen LogP contribution in [0.1, 0.15) is 31.4 Å². The van der Waals surface area contributed by atoms with Crippen LogP contribution in [0, 0.1) is 6.92 Å². The predicted molar refractivity (Wildman–Crippen MR) is 158 cm³/mol. The summed E-state index contributed by atoms with van der Waals surface area (Å²) in [6.45, 7) is 5.96. The summed E-state index contributed by atoms with van der Waals surface area (Å²) in [5.74, 6) is -0.119. The number of benzene rings is 4. The molecule has 4 aromatic rings. The van der Waals surface area contributed by atoms with Crippen molar-refractivity contribution in [3.63, 3.8) is 0 Å². The fourth-order valence-corrected chi connectivity index (χ4v) is 11.4. The molecule has 0 amide bonds. The van der Waals surface area contributed by atoms with E-state index in [2.05, 4.69) is 19.1 Å². The molecule has 1 aliphatic rings. The van der Waals surface area contributed by atoms with Crippen molar-refractivity contribution >= 4 is 27.6 Å². The summed E-state index contributed by atoms with van der Waals surface area (Å²) in [6.07, 6.45) is 2.69. The second-order valence-electron chi connectivity index (χ2n) is 10.6. The predicted octanol–water partition coefficient (Wildman–Crippen LogP) is 6.83. The van der Waals surface area contributed by atoms with Crippen LogP contribution in [0.2, 0.25) is 0 Å². The zero-order valence-electron chi connectivity index (χ0n) is 22.0. The first kappa shape index (κ1) is 26.4. The third-order valence-electron chi connectivity index (χ3n) is 7.95. The summed E-state index contributed by atoms with van der Waals surface area (Å²) < 4.78 is 42.4. The minimum absolute atomic E-state index is 0.119. The van der Waals surface area contributed by atoms with E-state index in [-0.39, 0.29) is 5.75 Å². The van der Waals surface area contributed by atoms with Crippen molar-refractivity contribution in [2.24, 2.45) is 0 Å². The Morgan fingerprint density at radius 1 is 0.789 bits per heavy atom. The SMILES string of the molecule is C/C(=C\[C@]1(P(=O)(c2ccccc2)c2ccccc2)C[C@]1(C)c1ccccc1)CS(=O)(=O)c1ccc(C)cc1. The van der Waals surface area contributed by atoms with Crippen LogP contribution in [0.25, 0.3) is 0 Å². The highest BCUT2D eigenvalue weighted by molar-refractivity contribution is 7.91. The van der Waals surface area contributed by atoms with Crippen LogP contribution in [0.5, 0.6) is 0 Å². The number of hydrogen-bond acceptors (Lipinski definition) is 3. The maximum absolute atomic E-state index is 15.7. The fraction of sp³-hybridized carbons (Fsp3) is 0.212. The molecular formula is C33H33O3PS. The number of aryl methyl sites for hydroxylation is 1. The summed E-state index contributed by atoms with van der Waals surface area (Å²) in [5, 5.41) is 0.810. The Kier molecular flexibility index (Phi) is 6.84. The molecule has 0 radical (unpaired) electrons. The van der Waals surface area contributed by atoms with E-state index in [1.165, 1.54) is 0 Å². The van der Waals surface area contributed by atoms with E-state index >= 15 is 4.57 Å². The van der Waals surface area contributed by atoms with Gasteiger partial charge in [-0.15, -0.1) is 0 Å². The Morgan fingerprint density at radius 2 is 1.26 bits per heavy atom. The third kappa shape index (κ3) is 4.40. The largest absolute Gasteiger partial charge is 0.313 e. The molecule has 0 aliphatic heterocycles. The molecule has 0 N–H and O–H groups in total. The van der Waals surface area contributed by atoms with Gasteiger partial charge in [0.1, 0.15) is 0 Å². The Hall–Kier alpha value is -3.20. The average Bonchev–Trinajstić information content (AvgIpc) is 3.55. The van der Waals surface area contributed by atoms with Crippen LogP contribution >= 0.6 is 7.14 Å². The van der Waals surface area contributed by atoms with Gasteiger partial charge in [0.15, 0.2) is 17.0 Å². The summed E-state index contributed by atoms with van der Waals surface area (Å²) in [7, 11) is -6.83. The van der Waals surface area contributed by atoms with E-state index in [0.717, 1.165) is 21.7 Å². The monoisotopic (exact) mass is 540 g/mol. The van der Waals surface area contributed by atoms with Gasteiger partial charge in [0.2, 0.25) is 0 Å². The van der Waals surface area contributed by atoms with E-state index in [9.17, 15) is 8.42 Å². The molecule has 0 heterocycles. The molecule has 0 aromatic heterocycles. The highest BCUT2D eigenvalue weighted by Gasteiger charge is 2.73. The number of allylic oxidation sites excluding steroid dienone is 1. The van der Waals surface area contributed by atoms with Crippen LogP contribution < -0.4 is 10.6 Å². The molecule has 1 aliphatic carbocycles. The van der Waals surface area contributed by atoms with E-state index < -0.39 is 27.6 Å². The van der Waals surface area contributed by atoms with E-state index in [1.54, 1.807) is 12.1 Å². The number of rotatable bonds is 8. The van der Waals surface area contributed by atoms with Crippen molar-refractivity contribution in [2.75, 3.05) is 5.75 Å². The van der Waals surface area contributed by atoms with Gasteiger partial charge in [0, 0.05) is 16.0 Å². The molecule has 4 aromatic carbocycles. The zero-order chi connectivity index (χ0) is 27.0. The highest BCUT2D eigenvalue weighted by atomic mass is 32.2. The van der Waals surface area contributed by atoms with Crippen molar-refractivity contribution in [2.45, 2.75) is 42.7 Å². The van der Waals surface area contributed by atoms with Crippen LogP contribution in [0.3, 0.4) is 0 Å². The molecule has 3 nitrogen and oxygen atoms in total. The van der Waals surface area contributed by atoms with Crippen LogP contribution in [0.4, 0.5) is 0 Å². The normalized spacial score (nSPS) is 21.7. The lowest BCUT2D eigenvalue weighted by molar-refractivity contribution is 0.575. The first-order valence-corrected chi connectivity index (χ1v) is 16.2. The molecule has 5 heteroatoms. The minimum Gasteiger partial charge on any atom is -0.313 e. The van der Waals surface area contributed by atoms with Crippen molar-refractivity contribution in [3.05, 3.63) is 138 Å². The van der Waals surface area contributed by atoms with Crippen molar-refractivity contribution in [1.29, 1.82) is 0 Å². The van der Waals surface area contributed by atoms with Gasteiger partial charge in [-0.1, -0.05) is 127 Å². The first-order valence-electron chi connectivity index (χ1n) is 12.9. The Labute approximate surface area is 226 Å². The standard InChI is InChI=1S/C33H33O3PS/c1-26-19-21-31(22-20-26)38(35,36)24-27(2)23-33(25-32(33,3)28-13-7-4-8-14-28)37(34,29-15-9-5-10-16-29)30-17-11-6-12-18-30/h4-23H,24-25H2,1-3H3/b27-23+/t32-,33+/m1/s1.